The summed E-state index contributed by atoms with van der Waals surface area (Å²) in [5, 5.41) is 4.62. The lowest BCUT2D eigenvalue weighted by molar-refractivity contribution is -0.120. The number of hydrazone groups is 1. The van der Waals surface area contributed by atoms with Crippen LogP contribution in [0.5, 0.6) is 0 Å². The first-order valence-electron chi connectivity index (χ1n) is 7.07. The average molecular weight is 412 g/mol. The molecule has 0 heterocycles. The van der Waals surface area contributed by atoms with E-state index in [0.29, 0.717) is 5.02 Å². The normalized spacial score (nSPS) is 10.9. The molecule has 0 radical (unpaired) electrons. The van der Waals surface area contributed by atoms with E-state index in [1.54, 1.807) is 18.0 Å². The van der Waals surface area contributed by atoms with Crippen molar-refractivity contribution >= 4 is 51.4 Å². The molecule has 0 unspecified atom stereocenters. The first-order valence-corrected chi connectivity index (χ1v) is 9.23. The topological polar surface area (TPSA) is 41.5 Å². The van der Waals surface area contributed by atoms with Crippen molar-refractivity contribution in [2.75, 3.05) is 5.75 Å². The maximum Gasteiger partial charge on any atom is 0.244 e. The van der Waals surface area contributed by atoms with E-state index in [-0.39, 0.29) is 12.3 Å². The molecule has 3 nitrogen and oxygen atoms in total. The van der Waals surface area contributed by atoms with E-state index in [9.17, 15) is 4.79 Å². The predicted molar refractivity (Wildman–Crippen MR) is 101 cm³/mol. The number of benzene rings is 2. The Morgan fingerprint density at radius 2 is 2.17 bits per heavy atom. The van der Waals surface area contributed by atoms with Crippen molar-refractivity contribution in [3.63, 3.8) is 0 Å². The molecule has 0 spiro atoms. The molecule has 0 fully saturated rings. The zero-order valence-corrected chi connectivity index (χ0v) is 15.7. The smallest absolute Gasteiger partial charge is 0.244 e. The van der Waals surface area contributed by atoms with Crippen LogP contribution in [0, 0.1) is 0 Å². The van der Waals surface area contributed by atoms with Gasteiger partial charge in [-0.1, -0.05) is 46.6 Å². The second-order valence-corrected chi connectivity index (χ2v) is 7.37. The van der Waals surface area contributed by atoms with E-state index in [2.05, 4.69) is 33.4 Å². The highest BCUT2D eigenvalue weighted by atomic mass is 79.9. The zero-order valence-electron chi connectivity index (χ0n) is 12.6. The summed E-state index contributed by atoms with van der Waals surface area (Å²) in [6.07, 6.45) is 1.86. The van der Waals surface area contributed by atoms with Crippen LogP contribution in [-0.2, 0) is 11.2 Å². The molecular formula is C17H16BrClN2OS. The van der Waals surface area contributed by atoms with Gasteiger partial charge in [-0.15, -0.1) is 11.8 Å². The fraction of sp³-hybridized carbons (Fsp3) is 0.176. The van der Waals surface area contributed by atoms with E-state index in [4.69, 9.17) is 11.6 Å². The van der Waals surface area contributed by atoms with Gasteiger partial charge in [0.15, 0.2) is 0 Å². The van der Waals surface area contributed by atoms with Gasteiger partial charge in [-0.3, -0.25) is 4.79 Å². The Balaban J connectivity index is 1.98. The van der Waals surface area contributed by atoms with Gasteiger partial charge in [-0.25, -0.2) is 5.43 Å². The van der Waals surface area contributed by atoms with Crippen LogP contribution in [0.2, 0.25) is 5.02 Å². The number of halogens is 2. The van der Waals surface area contributed by atoms with Crippen LogP contribution in [-0.4, -0.2) is 17.9 Å². The fourth-order valence-electron chi connectivity index (χ4n) is 1.96. The molecule has 0 saturated heterocycles. The zero-order chi connectivity index (χ0) is 16.7. The number of nitrogens with zero attached hydrogens (tertiary/aromatic N) is 1. The molecule has 0 aliphatic rings. The van der Waals surface area contributed by atoms with E-state index in [1.165, 1.54) is 0 Å². The summed E-state index contributed by atoms with van der Waals surface area (Å²) in [7, 11) is 0. The van der Waals surface area contributed by atoms with E-state index < -0.39 is 0 Å². The number of rotatable bonds is 6. The second-order valence-electron chi connectivity index (χ2n) is 4.71. The van der Waals surface area contributed by atoms with E-state index >= 15 is 0 Å². The first-order chi connectivity index (χ1) is 11.1. The average Bonchev–Trinajstić information content (AvgIpc) is 2.50. The van der Waals surface area contributed by atoms with Crippen molar-refractivity contribution < 1.29 is 4.79 Å². The van der Waals surface area contributed by atoms with Crippen molar-refractivity contribution in [1.29, 1.82) is 0 Å². The lowest BCUT2D eigenvalue weighted by Crippen LogP contribution is -2.20. The number of carbonyl (C=O) groups is 1. The summed E-state index contributed by atoms with van der Waals surface area (Å²) in [5.74, 6) is 0.772. The lowest BCUT2D eigenvalue weighted by atomic mass is 10.1. The molecule has 2 aromatic carbocycles. The molecule has 120 valence electrons. The van der Waals surface area contributed by atoms with E-state index in [1.807, 2.05) is 42.5 Å². The van der Waals surface area contributed by atoms with E-state index in [0.717, 1.165) is 26.2 Å². The number of amides is 1. The molecule has 0 bridgehead atoms. The van der Waals surface area contributed by atoms with Crippen molar-refractivity contribution in [1.82, 2.24) is 5.43 Å². The van der Waals surface area contributed by atoms with Crippen LogP contribution < -0.4 is 5.43 Å². The van der Waals surface area contributed by atoms with Gasteiger partial charge in [0, 0.05) is 14.4 Å². The Bertz CT molecular complexity index is 721. The minimum atomic E-state index is -0.170. The van der Waals surface area contributed by atoms with Crippen LogP contribution in [0.25, 0.3) is 0 Å². The lowest BCUT2D eigenvalue weighted by Gasteiger charge is -2.08. The van der Waals surface area contributed by atoms with Gasteiger partial charge in [0.2, 0.25) is 5.91 Å². The van der Waals surface area contributed by atoms with Gasteiger partial charge in [0.1, 0.15) is 0 Å². The van der Waals surface area contributed by atoms with Crippen molar-refractivity contribution in [2.24, 2.45) is 5.10 Å². The summed E-state index contributed by atoms with van der Waals surface area (Å²) < 4.78 is 0.966. The highest BCUT2D eigenvalue weighted by Gasteiger charge is 2.08. The molecule has 6 heteroatoms. The molecule has 1 N–H and O–H groups in total. The van der Waals surface area contributed by atoms with Gasteiger partial charge in [0.05, 0.1) is 12.6 Å². The van der Waals surface area contributed by atoms with Gasteiger partial charge < -0.3 is 0 Å². The third-order valence-corrected chi connectivity index (χ3v) is 4.65. The van der Waals surface area contributed by atoms with Crippen LogP contribution in [0.3, 0.4) is 0 Å². The molecule has 23 heavy (non-hydrogen) atoms. The predicted octanol–water partition coefficient (Wildman–Crippen LogP) is 4.91. The Morgan fingerprint density at radius 1 is 1.35 bits per heavy atom. The minimum Gasteiger partial charge on any atom is -0.273 e. The molecule has 2 aromatic rings. The Labute approximate surface area is 153 Å². The second kappa shape index (κ2) is 9.11. The van der Waals surface area contributed by atoms with Crippen LogP contribution in [0.15, 0.2) is 56.9 Å². The monoisotopic (exact) mass is 410 g/mol. The Hall–Kier alpha value is -1.30. The number of thioether (sulfide) groups is 1. The fourth-order valence-corrected chi connectivity index (χ4v) is 3.36. The molecule has 0 aromatic heterocycles. The summed E-state index contributed by atoms with van der Waals surface area (Å²) in [6, 6.07) is 13.3. The van der Waals surface area contributed by atoms with Crippen LogP contribution in [0.4, 0.5) is 0 Å². The maximum atomic E-state index is 12.1. The highest BCUT2D eigenvalue weighted by molar-refractivity contribution is 9.10. The summed E-state index contributed by atoms with van der Waals surface area (Å²) >= 11 is 11.1. The molecule has 2 rings (SSSR count). The van der Waals surface area contributed by atoms with Gasteiger partial charge in [-0.2, -0.15) is 5.10 Å². The molecule has 0 aliphatic heterocycles. The largest absolute Gasteiger partial charge is 0.273 e. The quantitative estimate of drug-likeness (QED) is 0.417. The molecule has 0 atom stereocenters. The van der Waals surface area contributed by atoms with Gasteiger partial charge in [-0.05, 0) is 47.2 Å². The van der Waals surface area contributed by atoms with Crippen molar-refractivity contribution in [2.45, 2.75) is 18.2 Å². The first kappa shape index (κ1) is 18.0. The van der Waals surface area contributed by atoms with Gasteiger partial charge >= 0.3 is 0 Å². The summed E-state index contributed by atoms with van der Waals surface area (Å²) in [4.78, 5) is 13.1. The summed E-state index contributed by atoms with van der Waals surface area (Å²) in [5.41, 5.74) is 4.37. The Kier molecular flexibility index (Phi) is 7.15. The van der Waals surface area contributed by atoms with Crippen LogP contribution in [0.1, 0.15) is 18.1 Å². The number of hydrogen-bond donors (Lipinski definition) is 1. The molecule has 0 aliphatic carbocycles. The SMILES string of the molecule is CCSc1ccc(Cl)cc1CC(=O)N/N=C\c1cccc(Br)c1. The number of nitrogens with one attached hydrogen (secondary N) is 1. The van der Waals surface area contributed by atoms with Gasteiger partial charge in [0.25, 0.3) is 0 Å². The minimum absolute atomic E-state index is 0.170. The maximum absolute atomic E-state index is 12.1. The third-order valence-electron chi connectivity index (χ3n) is 2.92. The highest BCUT2D eigenvalue weighted by Crippen LogP contribution is 2.26. The number of hydrogen-bond acceptors (Lipinski definition) is 3. The standard InChI is InChI=1S/C17H16BrClN2OS/c1-2-23-16-7-6-15(19)9-13(16)10-17(22)21-20-11-12-4-3-5-14(18)8-12/h3-9,11H,2,10H2,1H3,(H,21,22)/b20-11-. The molecule has 1 amide bonds. The van der Waals surface area contributed by atoms with Crippen LogP contribution >= 0.6 is 39.3 Å². The van der Waals surface area contributed by atoms with Crippen molar-refractivity contribution in [3.05, 3.63) is 63.1 Å². The third kappa shape index (κ3) is 6.01. The molecular weight excluding hydrogens is 396 g/mol. The Morgan fingerprint density at radius 3 is 2.91 bits per heavy atom. The van der Waals surface area contributed by atoms with Crippen molar-refractivity contribution in [3.8, 4) is 0 Å². The molecule has 0 saturated carbocycles. The number of carbonyl (C=O) groups excluding carboxylic acids is 1. The summed E-state index contributed by atoms with van der Waals surface area (Å²) in [6.45, 7) is 2.07.